The summed E-state index contributed by atoms with van der Waals surface area (Å²) in [5.41, 5.74) is 8.12. The van der Waals surface area contributed by atoms with Gasteiger partial charge in [-0.2, -0.15) is 0 Å². The minimum absolute atomic E-state index is 0. The van der Waals surface area contributed by atoms with Gasteiger partial charge < -0.3 is 20.3 Å². The zero-order valence-electron chi connectivity index (χ0n) is 13.0. The van der Waals surface area contributed by atoms with Gasteiger partial charge in [-0.25, -0.2) is 0 Å². The van der Waals surface area contributed by atoms with Crippen molar-refractivity contribution in [2.24, 2.45) is 11.7 Å². The summed E-state index contributed by atoms with van der Waals surface area (Å²) in [7, 11) is 3.23. The van der Waals surface area contributed by atoms with Crippen LogP contribution in [0.1, 0.15) is 42.9 Å². The molecule has 5 heteroatoms. The van der Waals surface area contributed by atoms with Gasteiger partial charge in [0, 0.05) is 0 Å². The van der Waals surface area contributed by atoms with E-state index in [-0.39, 0.29) is 18.3 Å². The van der Waals surface area contributed by atoms with Crippen LogP contribution in [0.4, 0.5) is 0 Å². The summed E-state index contributed by atoms with van der Waals surface area (Å²) < 4.78 is 10.9. The number of aryl methyl sites for hydroxylation is 1. The number of methoxy groups -OCH3 is 2. The molecule has 1 saturated carbocycles. The number of halogens is 1. The second-order valence-corrected chi connectivity index (χ2v) is 5.64. The van der Waals surface area contributed by atoms with Crippen molar-refractivity contribution in [2.75, 3.05) is 14.2 Å². The fourth-order valence-corrected chi connectivity index (χ4v) is 3.16. The highest BCUT2D eigenvalue weighted by Crippen LogP contribution is 2.40. The van der Waals surface area contributed by atoms with Crippen molar-refractivity contribution >= 4 is 12.4 Å². The maximum atomic E-state index is 10.5. The highest BCUT2D eigenvalue weighted by atomic mass is 35.5. The van der Waals surface area contributed by atoms with E-state index in [0.717, 1.165) is 24.0 Å². The molecule has 1 aliphatic carbocycles. The second kappa shape index (κ2) is 7.87. The molecule has 0 bridgehead atoms. The third kappa shape index (κ3) is 3.82. The number of aliphatic hydroxyl groups is 1. The van der Waals surface area contributed by atoms with Crippen molar-refractivity contribution in [3.63, 3.8) is 0 Å². The monoisotopic (exact) mass is 315 g/mol. The van der Waals surface area contributed by atoms with E-state index in [4.69, 9.17) is 15.2 Å². The van der Waals surface area contributed by atoms with Gasteiger partial charge in [0.15, 0.2) is 0 Å². The Morgan fingerprint density at radius 1 is 1.14 bits per heavy atom. The number of hydrogen-bond acceptors (Lipinski definition) is 4. The maximum Gasteiger partial charge on any atom is 0.127 e. The molecule has 2 atom stereocenters. The van der Waals surface area contributed by atoms with Crippen molar-refractivity contribution in [2.45, 2.75) is 44.8 Å². The molecule has 0 aromatic heterocycles. The molecule has 1 aromatic carbocycles. The van der Waals surface area contributed by atoms with Crippen molar-refractivity contribution in [1.29, 1.82) is 0 Å². The summed E-state index contributed by atoms with van der Waals surface area (Å²) in [6, 6.07) is 3.38. The van der Waals surface area contributed by atoms with E-state index >= 15 is 0 Å². The molecule has 0 heterocycles. The van der Waals surface area contributed by atoms with Crippen molar-refractivity contribution in [3.05, 3.63) is 23.3 Å². The molecule has 0 aliphatic heterocycles. The highest BCUT2D eigenvalue weighted by Gasteiger charge is 2.32. The van der Waals surface area contributed by atoms with Crippen LogP contribution >= 0.6 is 12.4 Å². The van der Waals surface area contributed by atoms with E-state index in [0.29, 0.717) is 11.5 Å². The van der Waals surface area contributed by atoms with Crippen molar-refractivity contribution in [1.82, 2.24) is 0 Å². The van der Waals surface area contributed by atoms with Crippen LogP contribution in [0.3, 0.4) is 0 Å². The molecule has 0 radical (unpaired) electrons. The second-order valence-electron chi connectivity index (χ2n) is 5.64. The van der Waals surface area contributed by atoms with Gasteiger partial charge in [0.1, 0.15) is 11.5 Å². The third-order valence-electron chi connectivity index (χ3n) is 4.27. The minimum atomic E-state index is -0.553. The number of nitrogens with two attached hydrogens (primary N) is 1. The standard InChI is InChI=1S/C16H25NO3.ClH/c1-10-8-12(19-2)14(13(9-10)20-3)15(17)16(18)11-6-4-5-7-11;/h8-9,11,15-16,18H,4-7,17H2,1-3H3;1H/t15-,16+;/m1./s1. The first kappa shape index (κ1) is 18.1. The Morgan fingerprint density at radius 2 is 1.62 bits per heavy atom. The van der Waals surface area contributed by atoms with Crippen LogP contribution in [0.25, 0.3) is 0 Å². The SMILES string of the molecule is COc1cc(C)cc(OC)c1[C@@H](N)[C@@H](O)C1CCCC1.Cl. The van der Waals surface area contributed by atoms with Crippen LogP contribution in [-0.4, -0.2) is 25.4 Å². The Labute approximate surface area is 133 Å². The average Bonchev–Trinajstić information content (AvgIpc) is 2.98. The summed E-state index contributed by atoms with van der Waals surface area (Å²) >= 11 is 0. The molecule has 1 aromatic rings. The quantitative estimate of drug-likeness (QED) is 0.876. The van der Waals surface area contributed by atoms with Gasteiger partial charge in [-0.1, -0.05) is 12.8 Å². The highest BCUT2D eigenvalue weighted by molar-refractivity contribution is 5.85. The number of ether oxygens (including phenoxy) is 2. The fourth-order valence-electron chi connectivity index (χ4n) is 3.16. The topological polar surface area (TPSA) is 64.7 Å². The average molecular weight is 316 g/mol. The van der Waals surface area contributed by atoms with Gasteiger partial charge in [-0.05, 0) is 43.4 Å². The lowest BCUT2D eigenvalue weighted by Crippen LogP contribution is -2.32. The van der Waals surface area contributed by atoms with E-state index in [2.05, 4.69) is 0 Å². The van der Waals surface area contributed by atoms with Crippen LogP contribution in [0.2, 0.25) is 0 Å². The Balaban J connectivity index is 0.00000220. The summed E-state index contributed by atoms with van der Waals surface area (Å²) in [6.45, 7) is 1.98. The summed E-state index contributed by atoms with van der Waals surface area (Å²) in [5.74, 6) is 1.65. The molecular weight excluding hydrogens is 290 g/mol. The van der Waals surface area contributed by atoms with E-state index < -0.39 is 12.1 Å². The molecule has 0 amide bonds. The van der Waals surface area contributed by atoms with Gasteiger partial charge >= 0.3 is 0 Å². The van der Waals surface area contributed by atoms with Gasteiger partial charge in [-0.15, -0.1) is 12.4 Å². The fraction of sp³-hybridized carbons (Fsp3) is 0.625. The molecule has 2 rings (SSSR count). The number of aliphatic hydroxyl groups excluding tert-OH is 1. The molecule has 120 valence electrons. The molecule has 0 saturated heterocycles. The molecule has 4 nitrogen and oxygen atoms in total. The minimum Gasteiger partial charge on any atom is -0.496 e. The smallest absolute Gasteiger partial charge is 0.127 e. The molecule has 3 N–H and O–H groups in total. The van der Waals surface area contributed by atoms with E-state index in [1.165, 1.54) is 12.8 Å². The Kier molecular flexibility index (Phi) is 6.78. The molecular formula is C16H26ClNO3. The van der Waals surface area contributed by atoms with Gasteiger partial charge in [0.25, 0.3) is 0 Å². The van der Waals surface area contributed by atoms with Crippen LogP contribution < -0.4 is 15.2 Å². The predicted molar refractivity (Wildman–Crippen MR) is 86.4 cm³/mol. The Bertz CT molecular complexity index is 436. The van der Waals surface area contributed by atoms with E-state index in [9.17, 15) is 5.11 Å². The first-order valence-electron chi connectivity index (χ1n) is 7.24. The maximum absolute atomic E-state index is 10.5. The zero-order chi connectivity index (χ0) is 14.7. The lowest BCUT2D eigenvalue weighted by Gasteiger charge is -2.27. The lowest BCUT2D eigenvalue weighted by atomic mass is 9.89. The van der Waals surface area contributed by atoms with Crippen molar-refractivity contribution < 1.29 is 14.6 Å². The van der Waals surface area contributed by atoms with Gasteiger partial charge in [-0.3, -0.25) is 0 Å². The molecule has 21 heavy (non-hydrogen) atoms. The molecule has 0 unspecified atom stereocenters. The number of hydrogen-bond donors (Lipinski definition) is 2. The summed E-state index contributed by atoms with van der Waals surface area (Å²) in [5, 5.41) is 10.5. The van der Waals surface area contributed by atoms with Crippen LogP contribution in [0, 0.1) is 12.8 Å². The molecule has 0 spiro atoms. The van der Waals surface area contributed by atoms with Crippen LogP contribution in [0.5, 0.6) is 11.5 Å². The third-order valence-corrected chi connectivity index (χ3v) is 4.27. The van der Waals surface area contributed by atoms with Gasteiger partial charge in [0.05, 0.1) is 31.9 Å². The predicted octanol–water partition coefficient (Wildman–Crippen LogP) is 2.98. The first-order valence-corrected chi connectivity index (χ1v) is 7.24. The van der Waals surface area contributed by atoms with E-state index in [1.807, 2.05) is 19.1 Å². The number of benzene rings is 1. The number of rotatable bonds is 5. The molecule has 1 fully saturated rings. The van der Waals surface area contributed by atoms with Gasteiger partial charge in [0.2, 0.25) is 0 Å². The largest absolute Gasteiger partial charge is 0.496 e. The summed E-state index contributed by atoms with van der Waals surface area (Å²) in [6.07, 6.45) is 3.90. The Hall–Kier alpha value is -0.970. The first-order chi connectivity index (χ1) is 9.58. The Morgan fingerprint density at radius 3 is 2.05 bits per heavy atom. The summed E-state index contributed by atoms with van der Waals surface area (Å²) in [4.78, 5) is 0. The van der Waals surface area contributed by atoms with Crippen LogP contribution in [-0.2, 0) is 0 Å². The van der Waals surface area contributed by atoms with Crippen LogP contribution in [0.15, 0.2) is 12.1 Å². The van der Waals surface area contributed by atoms with E-state index in [1.54, 1.807) is 14.2 Å². The molecule has 1 aliphatic rings. The normalized spacial score (nSPS) is 18.0. The zero-order valence-corrected chi connectivity index (χ0v) is 13.8. The lowest BCUT2D eigenvalue weighted by molar-refractivity contribution is 0.0826. The van der Waals surface area contributed by atoms with Crippen molar-refractivity contribution in [3.8, 4) is 11.5 Å².